The fraction of sp³-hybridized carbons (Fsp3) is 0.226. The summed E-state index contributed by atoms with van der Waals surface area (Å²) in [5, 5.41) is 9.24. The van der Waals surface area contributed by atoms with Gasteiger partial charge < -0.3 is 19.5 Å². The number of carbonyl (C=O) groups is 1. The summed E-state index contributed by atoms with van der Waals surface area (Å²) in [7, 11) is 2.02. The molecule has 37 heavy (non-hydrogen) atoms. The van der Waals surface area contributed by atoms with E-state index in [1.165, 1.54) is 0 Å². The number of pyridine rings is 1. The molecular weight excluding hydrogens is 464 g/mol. The second kappa shape index (κ2) is 11.2. The molecule has 0 amide bonds. The van der Waals surface area contributed by atoms with E-state index in [-0.39, 0.29) is 12.0 Å². The number of aliphatic carboxylic acids is 1. The molecule has 0 aliphatic heterocycles. The van der Waals surface area contributed by atoms with Crippen molar-refractivity contribution in [1.29, 1.82) is 0 Å². The lowest BCUT2D eigenvalue weighted by molar-refractivity contribution is -0.145. The Morgan fingerprint density at radius 2 is 1.51 bits per heavy atom. The average Bonchev–Trinajstić information content (AvgIpc) is 2.91. The first kappa shape index (κ1) is 24.4. The predicted molar refractivity (Wildman–Crippen MR) is 144 cm³/mol. The van der Waals surface area contributed by atoms with Crippen LogP contribution in [-0.4, -0.2) is 29.1 Å². The van der Waals surface area contributed by atoms with Gasteiger partial charge in [-0.3, -0.25) is 4.79 Å². The van der Waals surface area contributed by atoms with E-state index < -0.39 is 5.97 Å². The van der Waals surface area contributed by atoms with E-state index in [4.69, 9.17) is 14.5 Å². The van der Waals surface area contributed by atoms with Crippen LogP contribution in [0.4, 0.5) is 5.69 Å². The third-order valence-corrected chi connectivity index (χ3v) is 6.86. The van der Waals surface area contributed by atoms with E-state index in [1.807, 2.05) is 98.0 Å². The molecule has 1 aliphatic carbocycles. The van der Waals surface area contributed by atoms with Gasteiger partial charge >= 0.3 is 5.97 Å². The number of benzene rings is 3. The van der Waals surface area contributed by atoms with Crippen molar-refractivity contribution in [2.75, 3.05) is 11.9 Å². The minimum absolute atomic E-state index is 0.219. The molecule has 1 fully saturated rings. The third kappa shape index (κ3) is 5.92. The van der Waals surface area contributed by atoms with Crippen LogP contribution in [0.15, 0.2) is 97.1 Å². The van der Waals surface area contributed by atoms with Crippen molar-refractivity contribution in [3.8, 4) is 22.9 Å². The Labute approximate surface area is 217 Å². The molecule has 0 spiro atoms. The molecule has 3 aromatic carbocycles. The zero-order valence-electron chi connectivity index (χ0n) is 20.8. The summed E-state index contributed by atoms with van der Waals surface area (Å²) in [6.07, 6.45) is 1.33. The maximum atomic E-state index is 11.2. The van der Waals surface area contributed by atoms with Gasteiger partial charge in [0.1, 0.15) is 13.2 Å². The Hall–Kier alpha value is -4.32. The summed E-state index contributed by atoms with van der Waals surface area (Å²) in [6, 6.07) is 32.3. The molecule has 0 saturated heterocycles. The quantitative estimate of drug-likeness (QED) is 0.283. The summed E-state index contributed by atoms with van der Waals surface area (Å²) in [5.74, 6) is 0.0439. The molecule has 0 bridgehead atoms. The van der Waals surface area contributed by atoms with Gasteiger partial charge in [0.25, 0.3) is 0 Å². The smallest absolute Gasteiger partial charge is 0.306 e. The maximum Gasteiger partial charge on any atom is 0.306 e. The van der Waals surface area contributed by atoms with Crippen LogP contribution >= 0.6 is 0 Å². The summed E-state index contributed by atoms with van der Waals surface area (Å²) in [4.78, 5) is 18.1. The van der Waals surface area contributed by atoms with Crippen molar-refractivity contribution in [1.82, 2.24) is 4.98 Å². The maximum absolute atomic E-state index is 11.2. The van der Waals surface area contributed by atoms with Crippen LogP contribution in [0.1, 0.15) is 24.0 Å². The van der Waals surface area contributed by atoms with Crippen LogP contribution in [0, 0.1) is 5.92 Å². The number of anilines is 1. The molecule has 0 atom stereocenters. The summed E-state index contributed by atoms with van der Waals surface area (Å²) >= 11 is 0. The second-order valence-corrected chi connectivity index (χ2v) is 9.37. The fourth-order valence-electron chi connectivity index (χ4n) is 4.50. The van der Waals surface area contributed by atoms with E-state index >= 15 is 0 Å². The van der Waals surface area contributed by atoms with E-state index in [9.17, 15) is 9.90 Å². The normalized spacial score (nSPS) is 16.5. The number of rotatable bonds is 10. The minimum Gasteiger partial charge on any atom is -0.481 e. The zero-order valence-corrected chi connectivity index (χ0v) is 20.8. The van der Waals surface area contributed by atoms with Crippen LogP contribution in [0.5, 0.6) is 11.8 Å². The van der Waals surface area contributed by atoms with Crippen molar-refractivity contribution >= 4 is 11.7 Å². The summed E-state index contributed by atoms with van der Waals surface area (Å²) < 4.78 is 12.2. The number of aromatic nitrogens is 1. The predicted octanol–water partition coefficient (Wildman–Crippen LogP) is 6.21. The van der Waals surface area contributed by atoms with Gasteiger partial charge in [0.2, 0.25) is 11.8 Å². The third-order valence-electron chi connectivity index (χ3n) is 6.86. The highest BCUT2D eigenvalue weighted by Crippen LogP contribution is 2.37. The van der Waals surface area contributed by atoms with Gasteiger partial charge in [0.15, 0.2) is 0 Å². The van der Waals surface area contributed by atoms with Crippen LogP contribution in [-0.2, 0) is 18.0 Å². The summed E-state index contributed by atoms with van der Waals surface area (Å²) in [5.41, 5.74) is 5.00. The Bertz CT molecular complexity index is 1340. The van der Waals surface area contributed by atoms with Gasteiger partial charge in [-0.1, -0.05) is 72.8 Å². The average molecular weight is 495 g/mol. The number of nitrogens with zero attached hydrogens (tertiary/aromatic N) is 2. The monoisotopic (exact) mass is 494 g/mol. The Morgan fingerprint density at radius 1 is 0.865 bits per heavy atom. The SMILES string of the molecule is CN(c1cccc(-c2ccc(OCc3ccccc3)nc2OCc2ccccc2)c1)[C@H]1C[C@H](C(=O)O)C1. The largest absolute Gasteiger partial charge is 0.481 e. The number of hydrogen-bond acceptors (Lipinski definition) is 5. The van der Waals surface area contributed by atoms with Gasteiger partial charge in [-0.15, -0.1) is 0 Å². The molecule has 0 radical (unpaired) electrons. The lowest BCUT2D eigenvalue weighted by Gasteiger charge is -2.40. The standard InChI is InChI=1S/C31H30N2O4/c1-33(27-18-25(19-27)31(34)35)26-14-8-13-24(17-26)28-15-16-29(36-20-22-9-4-2-5-10-22)32-30(28)37-21-23-11-6-3-7-12-23/h2-17,25,27H,18-21H2,1H3,(H,34,35)/t25-,27-. The fourth-order valence-corrected chi connectivity index (χ4v) is 4.50. The molecule has 0 unspecified atom stereocenters. The van der Waals surface area contributed by atoms with Crippen molar-refractivity contribution in [3.63, 3.8) is 0 Å². The molecule has 6 heteroatoms. The molecule has 188 valence electrons. The van der Waals surface area contributed by atoms with Crippen LogP contribution in [0.3, 0.4) is 0 Å². The van der Waals surface area contributed by atoms with Gasteiger partial charge in [-0.05, 0) is 47.7 Å². The van der Waals surface area contributed by atoms with E-state index in [1.54, 1.807) is 0 Å². The molecule has 1 aliphatic rings. The van der Waals surface area contributed by atoms with Gasteiger partial charge in [0, 0.05) is 30.4 Å². The first-order chi connectivity index (χ1) is 18.1. The Morgan fingerprint density at radius 3 is 2.16 bits per heavy atom. The number of carboxylic acids is 1. The Kier molecular flexibility index (Phi) is 7.36. The first-order valence-electron chi connectivity index (χ1n) is 12.5. The van der Waals surface area contributed by atoms with Gasteiger partial charge in [-0.2, -0.15) is 4.98 Å². The lowest BCUT2D eigenvalue weighted by atomic mass is 9.79. The highest BCUT2D eigenvalue weighted by atomic mass is 16.5. The molecule has 1 aromatic heterocycles. The van der Waals surface area contributed by atoms with E-state index in [0.29, 0.717) is 37.8 Å². The van der Waals surface area contributed by atoms with E-state index in [2.05, 4.69) is 11.0 Å². The molecule has 6 nitrogen and oxygen atoms in total. The highest BCUT2D eigenvalue weighted by Gasteiger charge is 2.36. The van der Waals surface area contributed by atoms with Crippen LogP contribution < -0.4 is 14.4 Å². The summed E-state index contributed by atoms with van der Waals surface area (Å²) in [6.45, 7) is 0.811. The van der Waals surface area contributed by atoms with Crippen molar-refractivity contribution < 1.29 is 19.4 Å². The van der Waals surface area contributed by atoms with Crippen molar-refractivity contribution in [3.05, 3.63) is 108 Å². The number of ether oxygens (including phenoxy) is 2. The van der Waals surface area contributed by atoms with Crippen molar-refractivity contribution in [2.24, 2.45) is 5.92 Å². The Balaban J connectivity index is 1.38. The van der Waals surface area contributed by atoms with Gasteiger partial charge in [-0.25, -0.2) is 0 Å². The molecule has 4 aromatic rings. The molecule has 1 saturated carbocycles. The minimum atomic E-state index is -0.709. The number of carboxylic acid groups (broad SMARTS) is 1. The lowest BCUT2D eigenvalue weighted by Crippen LogP contribution is -2.45. The topological polar surface area (TPSA) is 71.9 Å². The van der Waals surface area contributed by atoms with Crippen LogP contribution in [0.25, 0.3) is 11.1 Å². The van der Waals surface area contributed by atoms with Crippen LogP contribution in [0.2, 0.25) is 0 Å². The molecule has 1 heterocycles. The first-order valence-corrected chi connectivity index (χ1v) is 12.5. The highest BCUT2D eigenvalue weighted by molar-refractivity contribution is 5.74. The molecular formula is C31H30N2O4. The van der Waals surface area contributed by atoms with Gasteiger partial charge in [0.05, 0.1) is 5.92 Å². The molecule has 1 N–H and O–H groups in total. The van der Waals surface area contributed by atoms with E-state index in [0.717, 1.165) is 27.9 Å². The second-order valence-electron chi connectivity index (χ2n) is 9.37. The zero-order chi connectivity index (χ0) is 25.6. The number of hydrogen-bond donors (Lipinski definition) is 1. The molecule has 5 rings (SSSR count). The van der Waals surface area contributed by atoms with Crippen molar-refractivity contribution in [2.45, 2.75) is 32.1 Å².